The van der Waals surface area contributed by atoms with Crippen LogP contribution in [0, 0.1) is 5.82 Å². The lowest BCUT2D eigenvalue weighted by atomic mass is 10.0. The first-order valence-electron chi connectivity index (χ1n) is 14.4. The second kappa shape index (κ2) is 12.1. The lowest BCUT2D eigenvalue weighted by molar-refractivity contribution is 0.0356. The summed E-state index contributed by atoms with van der Waals surface area (Å²) in [6.07, 6.45) is 1.64. The van der Waals surface area contributed by atoms with Gasteiger partial charge in [-0.3, -0.25) is 4.90 Å². The van der Waals surface area contributed by atoms with E-state index in [0.717, 1.165) is 99.7 Å². The Morgan fingerprint density at radius 1 is 0.975 bits per heavy atom. The van der Waals surface area contributed by atoms with Crippen LogP contribution in [0.25, 0.3) is 10.8 Å². The Balaban J connectivity index is 1.28. The van der Waals surface area contributed by atoms with Gasteiger partial charge in [0.2, 0.25) is 0 Å². The van der Waals surface area contributed by atoms with E-state index in [1.165, 1.54) is 7.11 Å². The van der Waals surface area contributed by atoms with Crippen molar-refractivity contribution in [2.24, 2.45) is 0 Å². The van der Waals surface area contributed by atoms with E-state index < -0.39 is 0 Å². The van der Waals surface area contributed by atoms with Gasteiger partial charge in [0.1, 0.15) is 5.82 Å². The molecular formula is C30H39FN6O3. The highest BCUT2D eigenvalue weighted by molar-refractivity contribution is 5.96. The van der Waals surface area contributed by atoms with E-state index in [1.807, 2.05) is 24.3 Å². The molecular weight excluding hydrogens is 511 g/mol. The second-order valence-corrected chi connectivity index (χ2v) is 10.8. The molecule has 9 nitrogen and oxygen atoms in total. The van der Waals surface area contributed by atoms with Gasteiger partial charge in [-0.15, -0.1) is 0 Å². The van der Waals surface area contributed by atoms with Crippen LogP contribution >= 0.6 is 0 Å². The average Bonchev–Trinajstić information content (AvgIpc) is 2.99. The van der Waals surface area contributed by atoms with Crippen LogP contribution in [-0.2, 0) is 17.7 Å². The smallest absolute Gasteiger partial charge is 0.318 e. The summed E-state index contributed by atoms with van der Waals surface area (Å²) in [5.74, 6) is 0.888. The van der Waals surface area contributed by atoms with E-state index in [1.54, 1.807) is 6.07 Å². The van der Waals surface area contributed by atoms with Crippen molar-refractivity contribution in [3.8, 4) is 11.8 Å². The van der Waals surface area contributed by atoms with E-state index in [9.17, 15) is 0 Å². The largest absolute Gasteiger partial charge is 0.494 e. The van der Waals surface area contributed by atoms with Crippen molar-refractivity contribution >= 4 is 22.3 Å². The van der Waals surface area contributed by atoms with Crippen molar-refractivity contribution in [3.05, 3.63) is 47.4 Å². The van der Waals surface area contributed by atoms with Crippen molar-refractivity contribution < 1.29 is 18.6 Å². The molecule has 0 N–H and O–H groups in total. The van der Waals surface area contributed by atoms with Crippen molar-refractivity contribution in [1.29, 1.82) is 0 Å². The highest BCUT2D eigenvalue weighted by atomic mass is 19.1. The third kappa shape index (κ3) is 5.66. The van der Waals surface area contributed by atoms with Gasteiger partial charge in [-0.05, 0) is 31.3 Å². The number of piperazine rings is 1. The number of rotatable bonds is 8. The Morgan fingerprint density at radius 2 is 1.77 bits per heavy atom. The second-order valence-electron chi connectivity index (χ2n) is 10.8. The number of anilines is 2. The van der Waals surface area contributed by atoms with Gasteiger partial charge in [-0.1, -0.05) is 24.3 Å². The van der Waals surface area contributed by atoms with Crippen molar-refractivity contribution in [3.63, 3.8) is 0 Å². The fourth-order valence-corrected chi connectivity index (χ4v) is 5.94. The summed E-state index contributed by atoms with van der Waals surface area (Å²) in [5, 5.41) is 1.82. The maximum atomic E-state index is 15.8. The number of nitrogens with zero attached hydrogens (tertiary/aromatic N) is 6. The molecule has 6 rings (SSSR count). The van der Waals surface area contributed by atoms with Crippen LogP contribution in [0.3, 0.4) is 0 Å². The highest BCUT2D eigenvalue weighted by Gasteiger charge is 2.29. The number of halogens is 1. The average molecular weight is 551 g/mol. The standard InChI is InChI=1S/C30H39FN6O3/c1-34-11-13-36(14-12-34)29-24-8-10-37(28-23-7-4-3-6-22(23)20-26(38-2)27(28)31)21-25(24)32-30(33-29)40-17-5-9-35-15-18-39-19-16-35/h3-4,6-7,20H,5,8-19,21H2,1-2H3. The van der Waals surface area contributed by atoms with Crippen LogP contribution in [-0.4, -0.2) is 106 Å². The van der Waals surface area contributed by atoms with Gasteiger partial charge in [0.15, 0.2) is 11.6 Å². The number of hydrogen-bond acceptors (Lipinski definition) is 9. The van der Waals surface area contributed by atoms with Crippen LogP contribution in [0.15, 0.2) is 30.3 Å². The summed E-state index contributed by atoms with van der Waals surface area (Å²) in [4.78, 5) is 19.0. The number of hydrogen-bond donors (Lipinski definition) is 0. The zero-order valence-electron chi connectivity index (χ0n) is 23.6. The normalized spacial score (nSPS) is 18.7. The first kappa shape index (κ1) is 27.0. The first-order valence-corrected chi connectivity index (χ1v) is 14.4. The first-order chi connectivity index (χ1) is 19.6. The van der Waals surface area contributed by atoms with Crippen LogP contribution in [0.1, 0.15) is 17.7 Å². The third-order valence-electron chi connectivity index (χ3n) is 8.24. The number of methoxy groups -OCH3 is 1. The summed E-state index contributed by atoms with van der Waals surface area (Å²) in [7, 11) is 3.67. The molecule has 3 aromatic rings. The predicted octanol–water partition coefficient (Wildman–Crippen LogP) is 3.19. The number of benzene rings is 2. The van der Waals surface area contributed by atoms with Crippen molar-refractivity contribution in [1.82, 2.24) is 19.8 Å². The maximum Gasteiger partial charge on any atom is 0.318 e. The van der Waals surface area contributed by atoms with Gasteiger partial charge in [-0.25, -0.2) is 4.39 Å². The SMILES string of the molecule is COc1cc2ccccc2c(N2CCc3c(nc(OCCCN4CCOCC4)nc3N3CCN(C)CC3)C2)c1F. The lowest BCUT2D eigenvalue weighted by Gasteiger charge is -2.37. The molecule has 0 saturated carbocycles. The number of morpholine rings is 1. The Bertz CT molecular complexity index is 1330. The minimum atomic E-state index is -0.336. The number of ether oxygens (including phenoxy) is 3. The summed E-state index contributed by atoms with van der Waals surface area (Å²) in [6, 6.07) is 10.1. The molecule has 2 saturated heterocycles. The zero-order chi connectivity index (χ0) is 27.5. The van der Waals surface area contributed by atoms with Crippen LogP contribution in [0.5, 0.6) is 11.8 Å². The van der Waals surface area contributed by atoms with Gasteiger partial charge in [0.05, 0.1) is 44.9 Å². The molecule has 2 fully saturated rings. The Kier molecular flexibility index (Phi) is 8.17. The molecule has 1 aromatic heterocycles. The molecule has 0 unspecified atom stereocenters. The number of fused-ring (bicyclic) bond motifs is 2. The molecule has 3 aliphatic heterocycles. The lowest BCUT2D eigenvalue weighted by Crippen LogP contribution is -2.46. The Labute approximate surface area is 235 Å². The molecule has 0 atom stereocenters. The Morgan fingerprint density at radius 3 is 2.58 bits per heavy atom. The topological polar surface area (TPSA) is 66.4 Å². The number of likely N-dealkylation sites (N-methyl/N-ethyl adjacent to an activating group) is 1. The van der Waals surface area contributed by atoms with Gasteiger partial charge >= 0.3 is 6.01 Å². The molecule has 3 aliphatic rings. The molecule has 0 amide bonds. The maximum absolute atomic E-state index is 15.8. The predicted molar refractivity (Wildman–Crippen MR) is 154 cm³/mol. The van der Waals surface area contributed by atoms with Crippen LogP contribution in [0.4, 0.5) is 15.9 Å². The van der Waals surface area contributed by atoms with Crippen LogP contribution < -0.4 is 19.3 Å². The van der Waals surface area contributed by atoms with Gasteiger partial charge in [0.25, 0.3) is 0 Å². The Hall–Kier alpha value is -3.21. The van der Waals surface area contributed by atoms with E-state index in [2.05, 4.69) is 26.6 Å². The molecule has 40 heavy (non-hydrogen) atoms. The summed E-state index contributed by atoms with van der Waals surface area (Å²) in [5.41, 5.74) is 2.62. The molecule has 10 heteroatoms. The minimum absolute atomic E-state index is 0.254. The highest BCUT2D eigenvalue weighted by Crippen LogP contribution is 2.39. The van der Waals surface area contributed by atoms with Gasteiger partial charge in [0, 0.05) is 63.3 Å². The third-order valence-corrected chi connectivity index (χ3v) is 8.24. The molecule has 2 aromatic carbocycles. The monoisotopic (exact) mass is 550 g/mol. The van der Waals surface area contributed by atoms with E-state index in [4.69, 9.17) is 24.2 Å². The summed E-state index contributed by atoms with van der Waals surface area (Å²) < 4.78 is 32.8. The van der Waals surface area contributed by atoms with Gasteiger partial charge < -0.3 is 28.9 Å². The minimum Gasteiger partial charge on any atom is -0.494 e. The fraction of sp³-hybridized carbons (Fsp3) is 0.533. The van der Waals surface area contributed by atoms with Gasteiger partial charge in [-0.2, -0.15) is 9.97 Å². The summed E-state index contributed by atoms with van der Waals surface area (Å²) >= 11 is 0. The molecule has 0 aliphatic carbocycles. The molecule has 0 spiro atoms. The van der Waals surface area contributed by atoms with Crippen molar-refractivity contribution in [2.45, 2.75) is 19.4 Å². The quantitative estimate of drug-likeness (QED) is 0.394. The molecule has 0 bridgehead atoms. The molecule has 214 valence electrons. The van der Waals surface area contributed by atoms with E-state index in [-0.39, 0.29) is 11.6 Å². The fourth-order valence-electron chi connectivity index (χ4n) is 5.94. The van der Waals surface area contributed by atoms with Crippen LogP contribution in [0.2, 0.25) is 0 Å². The van der Waals surface area contributed by atoms with E-state index in [0.29, 0.717) is 31.4 Å². The molecule has 4 heterocycles. The zero-order valence-corrected chi connectivity index (χ0v) is 23.6. The summed E-state index contributed by atoms with van der Waals surface area (Å²) in [6.45, 7) is 10.00. The number of aromatic nitrogens is 2. The van der Waals surface area contributed by atoms with Crippen molar-refractivity contribution in [2.75, 3.05) is 96.1 Å². The van der Waals surface area contributed by atoms with E-state index >= 15 is 4.39 Å². The molecule has 0 radical (unpaired) electrons.